The van der Waals surface area contributed by atoms with Crippen LogP contribution in [0.15, 0.2) is 0 Å². The van der Waals surface area contributed by atoms with Gasteiger partial charge in [-0.3, -0.25) is 0 Å². The predicted molar refractivity (Wildman–Crippen MR) is 84.3 cm³/mol. The zero-order valence-electron chi connectivity index (χ0n) is 13.6. The fraction of sp³-hybridized carbons (Fsp3) is 1.00. The topological polar surface area (TPSA) is 46.2 Å². The van der Waals surface area contributed by atoms with Gasteiger partial charge in [-0.25, -0.2) is 13.1 Å². The van der Waals surface area contributed by atoms with E-state index in [1.807, 2.05) is 0 Å². The lowest BCUT2D eigenvalue weighted by molar-refractivity contribution is -0.0969. The number of hydrogen-bond acceptors (Lipinski definition) is 2. The Kier molecular flexibility index (Phi) is 2.94. The molecule has 0 aromatic carbocycles. The van der Waals surface area contributed by atoms with Gasteiger partial charge in [0, 0.05) is 5.54 Å². The molecule has 0 aromatic rings. The lowest BCUT2D eigenvalue weighted by Gasteiger charge is -2.62. The zero-order chi connectivity index (χ0) is 15.0. The lowest BCUT2D eigenvalue weighted by Crippen LogP contribution is -2.64. The van der Waals surface area contributed by atoms with Crippen LogP contribution in [-0.2, 0) is 10.0 Å². The summed E-state index contributed by atoms with van der Waals surface area (Å²) >= 11 is 0. The van der Waals surface area contributed by atoms with E-state index in [0.717, 1.165) is 55.8 Å². The summed E-state index contributed by atoms with van der Waals surface area (Å²) in [7, 11) is -3.05. The Labute approximate surface area is 129 Å². The first-order valence-corrected chi connectivity index (χ1v) is 10.3. The fourth-order valence-electron chi connectivity index (χ4n) is 6.33. The third-order valence-electron chi connectivity index (χ3n) is 6.60. The SMILES string of the molecule is CC(C)(C)C1C2CC3CC1CC(NS(=O)(=O)C1CC1)(C3)C2. The van der Waals surface area contributed by atoms with Crippen molar-refractivity contribution in [2.75, 3.05) is 0 Å². The molecule has 5 rings (SSSR count). The molecule has 1 N–H and O–H groups in total. The van der Waals surface area contributed by atoms with Crippen molar-refractivity contribution < 1.29 is 8.42 Å². The maximum atomic E-state index is 12.4. The molecule has 2 unspecified atom stereocenters. The average Bonchev–Trinajstić information content (AvgIpc) is 3.06. The van der Waals surface area contributed by atoms with Crippen LogP contribution < -0.4 is 4.72 Å². The first-order valence-electron chi connectivity index (χ1n) is 8.71. The van der Waals surface area contributed by atoms with E-state index in [9.17, 15) is 8.42 Å². The lowest BCUT2D eigenvalue weighted by atomic mass is 9.45. The van der Waals surface area contributed by atoms with E-state index in [2.05, 4.69) is 25.5 Å². The molecule has 0 saturated heterocycles. The molecular weight excluding hydrogens is 282 g/mol. The van der Waals surface area contributed by atoms with Crippen LogP contribution in [0.2, 0.25) is 0 Å². The quantitative estimate of drug-likeness (QED) is 0.869. The molecule has 0 aromatic heterocycles. The minimum atomic E-state index is -3.05. The Morgan fingerprint density at radius 3 is 2.05 bits per heavy atom. The second-order valence-electron chi connectivity index (χ2n) is 9.49. The van der Waals surface area contributed by atoms with Gasteiger partial charge < -0.3 is 0 Å². The number of nitrogens with one attached hydrogen (secondary N) is 1. The molecule has 0 aliphatic heterocycles. The van der Waals surface area contributed by atoms with Gasteiger partial charge in [-0.05, 0) is 74.0 Å². The van der Waals surface area contributed by atoms with Gasteiger partial charge in [0.2, 0.25) is 10.0 Å². The van der Waals surface area contributed by atoms with Gasteiger partial charge in [0.05, 0.1) is 5.25 Å². The van der Waals surface area contributed by atoms with Crippen LogP contribution in [0.1, 0.15) is 65.7 Å². The first kappa shape index (κ1) is 14.5. The molecule has 2 atom stereocenters. The van der Waals surface area contributed by atoms with Gasteiger partial charge in [-0.15, -0.1) is 0 Å². The van der Waals surface area contributed by atoms with E-state index in [-0.39, 0.29) is 10.8 Å². The smallest absolute Gasteiger partial charge is 0.212 e. The Hall–Kier alpha value is -0.0900. The van der Waals surface area contributed by atoms with Crippen LogP contribution in [0.25, 0.3) is 0 Å². The molecule has 4 heteroatoms. The molecule has 5 aliphatic carbocycles. The van der Waals surface area contributed by atoms with E-state index in [1.165, 1.54) is 12.8 Å². The number of sulfonamides is 1. The van der Waals surface area contributed by atoms with E-state index in [0.29, 0.717) is 5.41 Å². The third-order valence-corrected chi connectivity index (χ3v) is 8.66. The molecule has 5 saturated carbocycles. The van der Waals surface area contributed by atoms with Gasteiger partial charge in [0.25, 0.3) is 0 Å². The highest BCUT2D eigenvalue weighted by molar-refractivity contribution is 7.90. The summed E-state index contributed by atoms with van der Waals surface area (Å²) in [6.07, 6.45) is 7.69. The van der Waals surface area contributed by atoms with Crippen LogP contribution in [0.3, 0.4) is 0 Å². The Bertz CT molecular complexity index is 528. The largest absolute Gasteiger partial charge is 0.214 e. The van der Waals surface area contributed by atoms with Crippen molar-refractivity contribution in [2.24, 2.45) is 29.1 Å². The highest BCUT2D eigenvalue weighted by Gasteiger charge is 2.59. The Balaban J connectivity index is 1.60. The summed E-state index contributed by atoms with van der Waals surface area (Å²) in [5, 5.41) is -0.0797. The molecular formula is C17H29NO2S. The number of rotatable bonds is 3. The van der Waals surface area contributed by atoms with Gasteiger partial charge in [-0.1, -0.05) is 20.8 Å². The summed E-state index contributed by atoms with van der Waals surface area (Å²) in [4.78, 5) is 0. The highest BCUT2D eigenvalue weighted by atomic mass is 32.2. The van der Waals surface area contributed by atoms with Gasteiger partial charge in [0.15, 0.2) is 0 Å². The average molecular weight is 311 g/mol. The molecule has 5 fully saturated rings. The summed E-state index contributed by atoms with van der Waals surface area (Å²) in [5.41, 5.74) is 0.277. The van der Waals surface area contributed by atoms with Crippen LogP contribution in [-0.4, -0.2) is 19.2 Å². The van der Waals surface area contributed by atoms with Crippen molar-refractivity contribution in [3.05, 3.63) is 0 Å². The third kappa shape index (κ3) is 2.37. The van der Waals surface area contributed by atoms with Gasteiger partial charge >= 0.3 is 0 Å². The monoisotopic (exact) mass is 311 g/mol. The highest BCUT2D eigenvalue weighted by Crippen LogP contribution is 2.62. The van der Waals surface area contributed by atoms with Crippen LogP contribution in [0.5, 0.6) is 0 Å². The van der Waals surface area contributed by atoms with Crippen LogP contribution in [0.4, 0.5) is 0 Å². The second kappa shape index (κ2) is 4.25. The standard InChI is InChI=1S/C17H29NO2S/c1-16(2,3)15-12-6-11-7-13(15)10-17(8-11,9-12)18-21(19,20)14-4-5-14/h11-15,18H,4-10H2,1-3H3. The van der Waals surface area contributed by atoms with Crippen molar-refractivity contribution in [3.8, 4) is 0 Å². The molecule has 0 spiro atoms. The molecule has 0 amide bonds. The van der Waals surface area contributed by atoms with Crippen LogP contribution >= 0.6 is 0 Å². The summed E-state index contributed by atoms with van der Waals surface area (Å²) in [6.45, 7) is 7.13. The molecule has 0 radical (unpaired) electrons. The van der Waals surface area contributed by atoms with Gasteiger partial charge in [0.1, 0.15) is 0 Å². The second-order valence-corrected chi connectivity index (χ2v) is 11.4. The molecule has 120 valence electrons. The van der Waals surface area contributed by atoms with Crippen molar-refractivity contribution >= 4 is 10.0 Å². The van der Waals surface area contributed by atoms with Crippen molar-refractivity contribution in [1.29, 1.82) is 0 Å². The summed E-state index contributed by atoms with van der Waals surface area (Å²) in [5.74, 6) is 3.02. The summed E-state index contributed by atoms with van der Waals surface area (Å²) < 4.78 is 28.1. The van der Waals surface area contributed by atoms with Crippen molar-refractivity contribution in [2.45, 2.75) is 76.5 Å². The normalized spacial score (nSPS) is 46.0. The molecule has 4 bridgehead atoms. The van der Waals surface area contributed by atoms with Crippen LogP contribution in [0, 0.1) is 29.1 Å². The zero-order valence-corrected chi connectivity index (χ0v) is 14.4. The minimum Gasteiger partial charge on any atom is -0.212 e. The fourth-order valence-corrected chi connectivity index (χ4v) is 8.10. The van der Waals surface area contributed by atoms with E-state index in [1.54, 1.807) is 0 Å². The summed E-state index contributed by atoms with van der Waals surface area (Å²) in [6, 6.07) is 0. The maximum Gasteiger partial charge on any atom is 0.214 e. The van der Waals surface area contributed by atoms with E-state index in [4.69, 9.17) is 0 Å². The van der Waals surface area contributed by atoms with E-state index < -0.39 is 10.0 Å². The molecule has 0 heterocycles. The van der Waals surface area contributed by atoms with E-state index >= 15 is 0 Å². The van der Waals surface area contributed by atoms with Gasteiger partial charge in [-0.2, -0.15) is 0 Å². The van der Waals surface area contributed by atoms with Crippen molar-refractivity contribution in [1.82, 2.24) is 4.72 Å². The Morgan fingerprint density at radius 1 is 1.00 bits per heavy atom. The van der Waals surface area contributed by atoms with Crippen molar-refractivity contribution in [3.63, 3.8) is 0 Å². The molecule has 21 heavy (non-hydrogen) atoms. The maximum absolute atomic E-state index is 12.4. The minimum absolute atomic E-state index is 0.0797. The predicted octanol–water partition coefficient (Wildman–Crippen LogP) is 3.31. The first-order chi connectivity index (χ1) is 9.69. The molecule has 3 nitrogen and oxygen atoms in total. The number of hydrogen-bond donors (Lipinski definition) is 1. The Morgan fingerprint density at radius 2 is 1.57 bits per heavy atom. The molecule has 5 aliphatic rings.